The summed E-state index contributed by atoms with van der Waals surface area (Å²) in [4.78, 5) is 0. The highest BCUT2D eigenvalue weighted by molar-refractivity contribution is 5.37. The van der Waals surface area contributed by atoms with Gasteiger partial charge in [-0.15, -0.1) is 0 Å². The van der Waals surface area contributed by atoms with Gasteiger partial charge in [-0.05, 0) is 48.9 Å². The number of hydrogen-bond donors (Lipinski definition) is 1. The van der Waals surface area contributed by atoms with Crippen molar-refractivity contribution in [2.75, 3.05) is 0 Å². The Morgan fingerprint density at radius 2 is 2.16 bits per heavy atom. The largest absolute Gasteiger partial charge is 0.310 e. The van der Waals surface area contributed by atoms with Crippen molar-refractivity contribution in [2.45, 2.75) is 51.6 Å². The fourth-order valence-electron chi connectivity index (χ4n) is 2.76. The molecule has 3 heteroatoms. The summed E-state index contributed by atoms with van der Waals surface area (Å²) in [5.41, 5.74) is 1.33. The standard InChI is InChI=1S/C16H21FN2/c1-12-3-2-4-16(8-5-12)19-11-14-9-15(17)7-6-13(14)10-18/h6-7,9,12,16,19H,2-5,8,11H2,1H3. The van der Waals surface area contributed by atoms with Crippen LogP contribution in [0.5, 0.6) is 0 Å². The first-order chi connectivity index (χ1) is 9.19. The maximum absolute atomic E-state index is 13.2. The van der Waals surface area contributed by atoms with Gasteiger partial charge in [-0.2, -0.15) is 5.26 Å². The van der Waals surface area contributed by atoms with Gasteiger partial charge in [0.1, 0.15) is 5.82 Å². The van der Waals surface area contributed by atoms with Crippen LogP contribution in [0.25, 0.3) is 0 Å². The SMILES string of the molecule is CC1CCCC(NCc2cc(F)ccc2C#N)CC1. The van der Waals surface area contributed by atoms with Gasteiger partial charge in [0.25, 0.3) is 0 Å². The molecule has 0 bridgehead atoms. The second-order valence-electron chi connectivity index (χ2n) is 5.60. The molecule has 2 rings (SSSR count). The molecule has 1 aromatic carbocycles. The Labute approximate surface area is 114 Å². The van der Waals surface area contributed by atoms with Gasteiger partial charge in [-0.3, -0.25) is 0 Å². The van der Waals surface area contributed by atoms with E-state index in [2.05, 4.69) is 18.3 Å². The van der Waals surface area contributed by atoms with Crippen molar-refractivity contribution >= 4 is 0 Å². The summed E-state index contributed by atoms with van der Waals surface area (Å²) in [7, 11) is 0. The summed E-state index contributed by atoms with van der Waals surface area (Å²) in [6.45, 7) is 2.89. The van der Waals surface area contributed by atoms with E-state index in [4.69, 9.17) is 5.26 Å². The van der Waals surface area contributed by atoms with E-state index in [9.17, 15) is 4.39 Å². The van der Waals surface area contributed by atoms with Gasteiger partial charge in [0, 0.05) is 12.6 Å². The number of halogens is 1. The molecule has 0 aliphatic heterocycles. The van der Waals surface area contributed by atoms with Crippen molar-refractivity contribution in [2.24, 2.45) is 5.92 Å². The molecule has 1 aliphatic carbocycles. The summed E-state index contributed by atoms with van der Waals surface area (Å²) in [5, 5.41) is 12.5. The molecule has 1 saturated carbocycles. The minimum Gasteiger partial charge on any atom is -0.310 e. The van der Waals surface area contributed by atoms with E-state index >= 15 is 0 Å². The zero-order valence-corrected chi connectivity index (χ0v) is 11.5. The molecule has 1 N–H and O–H groups in total. The summed E-state index contributed by atoms with van der Waals surface area (Å²) >= 11 is 0. The van der Waals surface area contributed by atoms with Gasteiger partial charge in [0.2, 0.25) is 0 Å². The molecule has 1 aliphatic rings. The molecule has 1 aromatic rings. The van der Waals surface area contributed by atoms with Gasteiger partial charge in [0.05, 0.1) is 11.6 Å². The van der Waals surface area contributed by atoms with Gasteiger partial charge < -0.3 is 5.32 Å². The van der Waals surface area contributed by atoms with Crippen LogP contribution in [0.1, 0.15) is 50.2 Å². The lowest BCUT2D eigenvalue weighted by Crippen LogP contribution is -2.28. The summed E-state index contributed by atoms with van der Waals surface area (Å²) < 4.78 is 13.2. The molecule has 2 atom stereocenters. The lowest BCUT2D eigenvalue weighted by molar-refractivity contribution is 0.446. The molecule has 2 unspecified atom stereocenters. The number of nitriles is 1. The third kappa shape index (κ3) is 4.04. The number of nitrogens with zero attached hydrogens (tertiary/aromatic N) is 1. The van der Waals surface area contributed by atoms with Gasteiger partial charge >= 0.3 is 0 Å². The first kappa shape index (κ1) is 14.0. The quantitative estimate of drug-likeness (QED) is 0.840. The highest BCUT2D eigenvalue weighted by Crippen LogP contribution is 2.23. The topological polar surface area (TPSA) is 35.8 Å². The Morgan fingerprint density at radius 1 is 1.32 bits per heavy atom. The van der Waals surface area contributed by atoms with Crippen LogP contribution in [0.3, 0.4) is 0 Å². The molecule has 0 aromatic heterocycles. The molecule has 102 valence electrons. The highest BCUT2D eigenvalue weighted by atomic mass is 19.1. The summed E-state index contributed by atoms with van der Waals surface area (Å²) in [5.74, 6) is 0.543. The smallest absolute Gasteiger partial charge is 0.123 e. The fourth-order valence-corrected chi connectivity index (χ4v) is 2.76. The van der Waals surface area contributed by atoms with Gasteiger partial charge in [0.15, 0.2) is 0 Å². The second kappa shape index (κ2) is 6.68. The molecule has 0 spiro atoms. The first-order valence-corrected chi connectivity index (χ1v) is 7.11. The first-order valence-electron chi connectivity index (χ1n) is 7.11. The third-order valence-corrected chi connectivity index (χ3v) is 4.03. The number of rotatable bonds is 3. The Morgan fingerprint density at radius 3 is 2.95 bits per heavy atom. The zero-order chi connectivity index (χ0) is 13.7. The average molecular weight is 260 g/mol. The van der Waals surface area contributed by atoms with Crippen molar-refractivity contribution in [3.8, 4) is 6.07 Å². The van der Waals surface area contributed by atoms with Crippen LogP contribution in [0.2, 0.25) is 0 Å². The summed E-state index contributed by atoms with van der Waals surface area (Å²) in [6, 6.07) is 6.99. The minimum atomic E-state index is -0.273. The maximum atomic E-state index is 13.2. The second-order valence-corrected chi connectivity index (χ2v) is 5.60. The van der Waals surface area contributed by atoms with Crippen LogP contribution >= 0.6 is 0 Å². The summed E-state index contributed by atoms with van der Waals surface area (Å²) in [6.07, 6.45) is 6.18. The fraction of sp³-hybridized carbons (Fsp3) is 0.562. The van der Waals surface area contributed by atoms with Crippen molar-refractivity contribution < 1.29 is 4.39 Å². The van der Waals surface area contributed by atoms with E-state index in [1.807, 2.05) is 0 Å². The molecule has 2 nitrogen and oxygen atoms in total. The predicted octanol–water partition coefficient (Wildman–Crippen LogP) is 3.76. The highest BCUT2D eigenvalue weighted by Gasteiger charge is 2.16. The van der Waals surface area contributed by atoms with Gasteiger partial charge in [-0.1, -0.05) is 19.8 Å². The predicted molar refractivity (Wildman–Crippen MR) is 74.0 cm³/mol. The molecule has 0 heterocycles. The molecule has 19 heavy (non-hydrogen) atoms. The lowest BCUT2D eigenvalue weighted by atomic mass is 10.0. The monoisotopic (exact) mass is 260 g/mol. The van der Waals surface area contributed by atoms with Crippen molar-refractivity contribution in [1.82, 2.24) is 5.32 Å². The zero-order valence-electron chi connectivity index (χ0n) is 11.5. The van der Waals surface area contributed by atoms with Crippen LogP contribution in [-0.2, 0) is 6.54 Å². The van der Waals surface area contributed by atoms with Crippen LogP contribution < -0.4 is 5.32 Å². The Hall–Kier alpha value is -1.40. The van der Waals surface area contributed by atoms with Crippen LogP contribution in [0, 0.1) is 23.1 Å². The van der Waals surface area contributed by atoms with E-state index in [-0.39, 0.29) is 5.82 Å². The van der Waals surface area contributed by atoms with Crippen LogP contribution in [0.4, 0.5) is 4.39 Å². The molecule has 0 saturated heterocycles. The van der Waals surface area contributed by atoms with Crippen LogP contribution in [0.15, 0.2) is 18.2 Å². The number of nitrogens with one attached hydrogen (secondary N) is 1. The number of benzene rings is 1. The Balaban J connectivity index is 1.95. The van der Waals surface area contributed by atoms with E-state index < -0.39 is 0 Å². The normalized spacial score (nSPS) is 23.6. The molecule has 1 fully saturated rings. The third-order valence-electron chi connectivity index (χ3n) is 4.03. The Kier molecular flexibility index (Phi) is 4.93. The van der Waals surface area contributed by atoms with Gasteiger partial charge in [-0.25, -0.2) is 4.39 Å². The van der Waals surface area contributed by atoms with E-state index in [0.29, 0.717) is 18.2 Å². The van der Waals surface area contributed by atoms with Crippen molar-refractivity contribution in [3.63, 3.8) is 0 Å². The van der Waals surface area contributed by atoms with Crippen molar-refractivity contribution in [1.29, 1.82) is 5.26 Å². The van der Waals surface area contributed by atoms with E-state index in [0.717, 1.165) is 11.5 Å². The van der Waals surface area contributed by atoms with E-state index in [1.54, 1.807) is 6.07 Å². The van der Waals surface area contributed by atoms with E-state index in [1.165, 1.54) is 44.2 Å². The lowest BCUT2D eigenvalue weighted by Gasteiger charge is -2.17. The molecular formula is C16H21FN2. The number of hydrogen-bond acceptors (Lipinski definition) is 2. The molecule has 0 radical (unpaired) electrons. The maximum Gasteiger partial charge on any atom is 0.123 e. The minimum absolute atomic E-state index is 0.273. The molecular weight excluding hydrogens is 239 g/mol. The van der Waals surface area contributed by atoms with Crippen molar-refractivity contribution in [3.05, 3.63) is 35.1 Å². The van der Waals surface area contributed by atoms with Crippen LogP contribution in [-0.4, -0.2) is 6.04 Å². The molecule has 0 amide bonds. The average Bonchev–Trinajstić information content (AvgIpc) is 2.61. The Bertz CT molecular complexity index is 464.